The van der Waals surface area contributed by atoms with E-state index in [1.165, 1.54) is 0 Å². The summed E-state index contributed by atoms with van der Waals surface area (Å²) >= 11 is 2.07. The lowest BCUT2D eigenvalue weighted by Gasteiger charge is -2.12. The van der Waals surface area contributed by atoms with Gasteiger partial charge in [-0.3, -0.25) is 4.98 Å². The van der Waals surface area contributed by atoms with Gasteiger partial charge < -0.3 is 9.92 Å². The summed E-state index contributed by atoms with van der Waals surface area (Å²) in [5.74, 6) is -0.574. The van der Waals surface area contributed by atoms with E-state index >= 15 is 0 Å². The van der Waals surface area contributed by atoms with Gasteiger partial charge in [0.05, 0.1) is 5.69 Å². The Morgan fingerprint density at radius 2 is 2.35 bits per heavy atom. The molecule has 1 rings (SSSR count). The van der Waals surface area contributed by atoms with E-state index in [1.54, 1.807) is 31.3 Å². The van der Waals surface area contributed by atoms with E-state index < -0.39 is 28.3 Å². The number of hydrogen-bond donors (Lipinski definition) is 2. The lowest BCUT2D eigenvalue weighted by atomic mass is 10.3. The fourth-order valence-corrected chi connectivity index (χ4v) is 1.92. The molecule has 0 aliphatic heterocycles. The van der Waals surface area contributed by atoms with Crippen LogP contribution in [0.15, 0.2) is 24.4 Å². The Labute approximate surface area is 108 Å². The third-order valence-electron chi connectivity index (χ3n) is 2.06. The van der Waals surface area contributed by atoms with Crippen molar-refractivity contribution >= 4 is 29.7 Å². The van der Waals surface area contributed by atoms with Gasteiger partial charge in [-0.25, -0.2) is 9.00 Å². The van der Waals surface area contributed by atoms with E-state index in [-0.39, 0.29) is 5.75 Å². The van der Waals surface area contributed by atoms with E-state index in [9.17, 15) is 9.00 Å². The third kappa shape index (κ3) is 4.10. The number of nitrogens with two attached hydrogens (primary N) is 1. The van der Waals surface area contributed by atoms with Crippen molar-refractivity contribution in [1.82, 2.24) is 4.98 Å². The second kappa shape index (κ2) is 6.73. The van der Waals surface area contributed by atoms with Crippen LogP contribution in [0.1, 0.15) is 17.9 Å². The smallest absolute Gasteiger partial charge is 0.337 e. The number of rotatable bonds is 5. The fourth-order valence-electron chi connectivity index (χ4n) is 1.00. The summed E-state index contributed by atoms with van der Waals surface area (Å²) < 4.78 is 16.5. The molecule has 2 N–H and O–H groups in total. The molecule has 1 heterocycles. The summed E-state index contributed by atoms with van der Waals surface area (Å²) in [4.78, 5) is 15.4. The standard InChI is InChI=1S/C10H14N2O3S2/c1-7(9-4-2-3-5-12-9)17(14)15-10(13)8(11)6-16/h2-5,7-8,16H,6,11H2,1H3. The molecule has 94 valence electrons. The lowest BCUT2D eigenvalue weighted by molar-refractivity contribution is -0.134. The molecule has 1 aromatic heterocycles. The first kappa shape index (κ1) is 14.1. The van der Waals surface area contributed by atoms with Gasteiger partial charge in [0, 0.05) is 11.9 Å². The Morgan fingerprint density at radius 3 is 2.88 bits per heavy atom. The van der Waals surface area contributed by atoms with Crippen molar-refractivity contribution in [3.8, 4) is 0 Å². The van der Waals surface area contributed by atoms with Crippen LogP contribution < -0.4 is 5.73 Å². The average Bonchev–Trinajstić information content (AvgIpc) is 2.37. The molecular formula is C10H14N2O3S2. The van der Waals surface area contributed by atoms with Gasteiger partial charge in [0.2, 0.25) is 11.1 Å². The largest absolute Gasteiger partial charge is 0.362 e. The number of pyridine rings is 1. The van der Waals surface area contributed by atoms with Gasteiger partial charge in [0.15, 0.2) is 0 Å². The maximum atomic E-state index is 11.7. The molecule has 0 fully saturated rings. The highest BCUT2D eigenvalue weighted by atomic mass is 32.2. The Kier molecular flexibility index (Phi) is 5.60. The van der Waals surface area contributed by atoms with Gasteiger partial charge >= 0.3 is 5.97 Å². The first-order chi connectivity index (χ1) is 8.06. The fraction of sp³-hybridized carbons (Fsp3) is 0.400. The molecule has 7 heteroatoms. The summed E-state index contributed by atoms with van der Waals surface area (Å²) in [7, 11) is 0. The molecule has 17 heavy (non-hydrogen) atoms. The van der Waals surface area contributed by atoms with Crippen LogP contribution in [0.5, 0.6) is 0 Å². The molecule has 1 aromatic rings. The predicted octanol–water partition coefficient (Wildman–Crippen LogP) is 0.607. The molecule has 3 atom stereocenters. The second-order valence-electron chi connectivity index (χ2n) is 3.35. The first-order valence-corrected chi connectivity index (χ1v) is 6.73. The summed E-state index contributed by atoms with van der Waals surface area (Å²) in [6, 6.07) is 4.38. The minimum atomic E-state index is -1.79. The molecule has 0 aliphatic rings. The molecule has 0 aromatic carbocycles. The zero-order valence-corrected chi connectivity index (χ0v) is 11.0. The summed E-state index contributed by atoms with van der Waals surface area (Å²) in [6.07, 6.45) is 1.59. The molecule has 3 unspecified atom stereocenters. The van der Waals surface area contributed by atoms with Gasteiger partial charge in [-0.15, -0.1) is 0 Å². The van der Waals surface area contributed by atoms with Crippen LogP contribution in [0.25, 0.3) is 0 Å². The van der Waals surface area contributed by atoms with Crippen molar-refractivity contribution < 1.29 is 13.2 Å². The Bertz CT molecular complexity index is 400. The third-order valence-corrected chi connectivity index (χ3v) is 3.60. The summed E-state index contributed by atoms with van der Waals surface area (Å²) in [6.45, 7) is 1.66. The maximum Gasteiger partial charge on any atom is 0.337 e. The minimum absolute atomic E-state index is 0.147. The maximum absolute atomic E-state index is 11.7. The van der Waals surface area contributed by atoms with Crippen molar-refractivity contribution in [2.24, 2.45) is 5.73 Å². The quantitative estimate of drug-likeness (QED) is 0.769. The molecule has 0 saturated carbocycles. The van der Waals surface area contributed by atoms with Crippen molar-refractivity contribution in [1.29, 1.82) is 0 Å². The molecule has 0 amide bonds. The van der Waals surface area contributed by atoms with Gasteiger partial charge in [-0.1, -0.05) is 6.07 Å². The Hall–Kier alpha value is -0.920. The summed E-state index contributed by atoms with van der Waals surface area (Å²) in [5.41, 5.74) is 6.00. The number of hydrogen-bond acceptors (Lipinski definition) is 6. The zero-order valence-electron chi connectivity index (χ0n) is 9.28. The van der Waals surface area contributed by atoms with Crippen LogP contribution in [0.4, 0.5) is 0 Å². The molecule has 5 nitrogen and oxygen atoms in total. The zero-order chi connectivity index (χ0) is 12.8. The lowest BCUT2D eigenvalue weighted by Crippen LogP contribution is -2.34. The van der Waals surface area contributed by atoms with Crippen LogP contribution in [0, 0.1) is 0 Å². The Morgan fingerprint density at radius 1 is 1.65 bits per heavy atom. The van der Waals surface area contributed by atoms with E-state index in [4.69, 9.17) is 9.92 Å². The predicted molar refractivity (Wildman–Crippen MR) is 68.7 cm³/mol. The van der Waals surface area contributed by atoms with Crippen molar-refractivity contribution in [3.05, 3.63) is 30.1 Å². The van der Waals surface area contributed by atoms with E-state index in [1.807, 2.05) is 0 Å². The van der Waals surface area contributed by atoms with E-state index in [2.05, 4.69) is 17.6 Å². The monoisotopic (exact) mass is 274 g/mol. The van der Waals surface area contributed by atoms with E-state index in [0.29, 0.717) is 5.69 Å². The first-order valence-electron chi connectivity index (χ1n) is 4.96. The Balaban J connectivity index is 2.63. The average molecular weight is 274 g/mol. The van der Waals surface area contributed by atoms with E-state index in [0.717, 1.165) is 0 Å². The SMILES string of the molecule is CC(c1ccccn1)S(=O)OC(=O)C(N)CS. The van der Waals surface area contributed by atoms with Gasteiger partial charge in [-0.05, 0) is 19.1 Å². The number of carbonyl (C=O) groups is 1. The van der Waals surface area contributed by atoms with Gasteiger partial charge in [0.25, 0.3) is 0 Å². The van der Waals surface area contributed by atoms with Crippen molar-refractivity contribution in [3.63, 3.8) is 0 Å². The normalized spacial score (nSPS) is 15.9. The van der Waals surface area contributed by atoms with Crippen LogP contribution >= 0.6 is 12.6 Å². The topological polar surface area (TPSA) is 82.3 Å². The molecule has 0 spiro atoms. The summed E-state index contributed by atoms with van der Waals surface area (Å²) in [5, 5.41) is -0.493. The van der Waals surface area contributed by atoms with Crippen molar-refractivity contribution in [2.75, 3.05) is 5.75 Å². The second-order valence-corrected chi connectivity index (χ2v) is 5.11. The van der Waals surface area contributed by atoms with Gasteiger partial charge in [-0.2, -0.15) is 12.6 Å². The molecule has 0 radical (unpaired) electrons. The van der Waals surface area contributed by atoms with Gasteiger partial charge in [0.1, 0.15) is 11.3 Å². The highest BCUT2D eigenvalue weighted by molar-refractivity contribution is 7.81. The minimum Gasteiger partial charge on any atom is -0.362 e. The number of aromatic nitrogens is 1. The number of nitrogens with zero attached hydrogens (tertiary/aromatic N) is 1. The molecule has 0 bridgehead atoms. The molecule has 0 saturated heterocycles. The molecular weight excluding hydrogens is 260 g/mol. The van der Waals surface area contributed by atoms with Crippen LogP contribution in [0.3, 0.4) is 0 Å². The highest BCUT2D eigenvalue weighted by Crippen LogP contribution is 2.17. The van der Waals surface area contributed by atoms with Crippen LogP contribution in [0.2, 0.25) is 0 Å². The van der Waals surface area contributed by atoms with Crippen LogP contribution in [-0.2, 0) is 20.1 Å². The number of thiol groups is 1. The molecule has 0 aliphatic carbocycles. The van der Waals surface area contributed by atoms with Crippen LogP contribution in [-0.4, -0.2) is 27.0 Å². The van der Waals surface area contributed by atoms with Crippen molar-refractivity contribution in [2.45, 2.75) is 18.2 Å². The highest BCUT2D eigenvalue weighted by Gasteiger charge is 2.22. The number of carbonyl (C=O) groups excluding carboxylic acids is 1.